The predicted molar refractivity (Wildman–Crippen MR) is 82.6 cm³/mol. The lowest BCUT2D eigenvalue weighted by atomic mass is 10.1. The fourth-order valence-corrected chi connectivity index (χ4v) is 3.02. The van der Waals surface area contributed by atoms with Crippen molar-refractivity contribution in [1.29, 1.82) is 0 Å². The molecular formula is C17H22N2O3. The monoisotopic (exact) mass is 302 g/mol. The van der Waals surface area contributed by atoms with Crippen molar-refractivity contribution >= 4 is 11.8 Å². The van der Waals surface area contributed by atoms with Gasteiger partial charge in [-0.05, 0) is 30.9 Å². The van der Waals surface area contributed by atoms with Gasteiger partial charge in [-0.1, -0.05) is 18.2 Å². The zero-order valence-electron chi connectivity index (χ0n) is 12.9. The lowest BCUT2D eigenvalue weighted by Crippen LogP contribution is -2.37. The number of methoxy groups -OCH3 is 1. The molecular weight excluding hydrogens is 280 g/mol. The van der Waals surface area contributed by atoms with E-state index >= 15 is 0 Å². The highest BCUT2D eigenvalue weighted by Gasteiger charge is 2.39. The van der Waals surface area contributed by atoms with Gasteiger partial charge >= 0.3 is 0 Å². The summed E-state index contributed by atoms with van der Waals surface area (Å²) in [5.41, 5.74) is 1.03. The van der Waals surface area contributed by atoms with Crippen molar-refractivity contribution in [2.24, 2.45) is 0 Å². The van der Waals surface area contributed by atoms with Gasteiger partial charge < -0.3 is 15.0 Å². The molecule has 3 rings (SSSR count). The van der Waals surface area contributed by atoms with Gasteiger partial charge in [0.2, 0.25) is 11.8 Å². The van der Waals surface area contributed by atoms with Gasteiger partial charge in [0.25, 0.3) is 0 Å². The van der Waals surface area contributed by atoms with E-state index in [1.807, 2.05) is 29.2 Å². The molecule has 0 aromatic heterocycles. The Balaban J connectivity index is 1.47. The van der Waals surface area contributed by atoms with Crippen molar-refractivity contribution in [3.05, 3.63) is 29.8 Å². The molecule has 0 bridgehead atoms. The average Bonchev–Trinajstić information content (AvgIpc) is 3.29. The number of hydrogen-bond acceptors (Lipinski definition) is 3. The highest BCUT2D eigenvalue weighted by atomic mass is 16.5. The largest absolute Gasteiger partial charge is 0.496 e. The summed E-state index contributed by atoms with van der Waals surface area (Å²) in [5.74, 6) is 0.991. The first kappa shape index (κ1) is 14.9. The highest BCUT2D eigenvalue weighted by Crippen LogP contribution is 2.30. The summed E-state index contributed by atoms with van der Waals surface area (Å²) in [6, 6.07) is 8.13. The molecule has 1 aromatic rings. The number of rotatable bonds is 6. The van der Waals surface area contributed by atoms with Crippen LogP contribution in [0, 0.1) is 0 Å². The second-order valence-electron chi connectivity index (χ2n) is 6.06. The van der Waals surface area contributed by atoms with Crippen LogP contribution in [0.4, 0.5) is 0 Å². The van der Waals surface area contributed by atoms with Gasteiger partial charge in [-0.3, -0.25) is 9.59 Å². The van der Waals surface area contributed by atoms with Gasteiger partial charge in [0, 0.05) is 25.4 Å². The molecule has 2 amide bonds. The zero-order chi connectivity index (χ0) is 15.5. The number of hydrogen-bond donors (Lipinski definition) is 1. The second kappa shape index (κ2) is 6.38. The van der Waals surface area contributed by atoms with Crippen LogP contribution in [0.3, 0.4) is 0 Å². The van der Waals surface area contributed by atoms with Crippen LogP contribution in [0.1, 0.15) is 31.2 Å². The van der Waals surface area contributed by atoms with Crippen molar-refractivity contribution < 1.29 is 14.3 Å². The SMILES string of the molecule is COc1ccccc1CCC(=O)NC1CC(=O)N(C2CC2)C1. The van der Waals surface area contributed by atoms with Gasteiger partial charge in [-0.15, -0.1) is 0 Å². The maximum Gasteiger partial charge on any atom is 0.225 e. The molecule has 1 aliphatic heterocycles. The summed E-state index contributed by atoms with van der Waals surface area (Å²) in [5, 5.41) is 2.99. The second-order valence-corrected chi connectivity index (χ2v) is 6.06. The van der Waals surface area contributed by atoms with E-state index in [1.54, 1.807) is 7.11 Å². The van der Waals surface area contributed by atoms with Gasteiger partial charge in [0.05, 0.1) is 13.2 Å². The Bertz CT molecular complexity index is 569. The van der Waals surface area contributed by atoms with Crippen LogP contribution in [0.25, 0.3) is 0 Å². The number of nitrogens with zero attached hydrogens (tertiary/aromatic N) is 1. The minimum absolute atomic E-state index is 0.00125. The normalized spacial score (nSPS) is 21.0. The Morgan fingerprint density at radius 3 is 2.86 bits per heavy atom. The van der Waals surface area contributed by atoms with Crippen LogP contribution in [0.2, 0.25) is 0 Å². The van der Waals surface area contributed by atoms with Gasteiger partial charge in [-0.2, -0.15) is 0 Å². The first-order chi connectivity index (χ1) is 10.7. The number of aryl methyl sites for hydroxylation is 1. The third-order valence-electron chi connectivity index (χ3n) is 4.33. The zero-order valence-corrected chi connectivity index (χ0v) is 12.9. The maximum atomic E-state index is 12.1. The van der Waals surface area contributed by atoms with Crippen LogP contribution < -0.4 is 10.1 Å². The minimum atomic E-state index is -0.0294. The number of nitrogens with one attached hydrogen (secondary N) is 1. The molecule has 118 valence electrons. The van der Waals surface area contributed by atoms with E-state index < -0.39 is 0 Å². The maximum absolute atomic E-state index is 12.1. The smallest absolute Gasteiger partial charge is 0.225 e. The average molecular weight is 302 g/mol. The minimum Gasteiger partial charge on any atom is -0.496 e. The van der Waals surface area contributed by atoms with Crippen LogP contribution in [-0.2, 0) is 16.0 Å². The summed E-state index contributed by atoms with van der Waals surface area (Å²) in [6.45, 7) is 0.671. The number of carbonyl (C=O) groups is 2. The lowest BCUT2D eigenvalue weighted by Gasteiger charge is -2.16. The molecule has 1 saturated heterocycles. The third kappa shape index (κ3) is 3.40. The lowest BCUT2D eigenvalue weighted by molar-refractivity contribution is -0.128. The Morgan fingerprint density at radius 2 is 2.14 bits per heavy atom. The van der Waals surface area contributed by atoms with Crippen molar-refractivity contribution in [1.82, 2.24) is 10.2 Å². The number of amides is 2. The summed E-state index contributed by atoms with van der Waals surface area (Å²) in [6.07, 6.45) is 3.72. The van der Waals surface area contributed by atoms with Gasteiger partial charge in [-0.25, -0.2) is 0 Å². The summed E-state index contributed by atoms with van der Waals surface area (Å²) in [4.78, 5) is 25.9. The number of likely N-dealkylation sites (tertiary alicyclic amines) is 1. The molecule has 1 aromatic carbocycles. The van der Waals surface area contributed by atoms with E-state index in [0.717, 1.165) is 24.2 Å². The summed E-state index contributed by atoms with van der Waals surface area (Å²) < 4.78 is 5.29. The Kier molecular flexibility index (Phi) is 4.32. The van der Waals surface area contributed by atoms with Crippen molar-refractivity contribution in [3.8, 4) is 5.75 Å². The van der Waals surface area contributed by atoms with E-state index in [1.165, 1.54) is 0 Å². The van der Waals surface area contributed by atoms with Crippen LogP contribution in [-0.4, -0.2) is 42.5 Å². The van der Waals surface area contributed by atoms with E-state index in [-0.39, 0.29) is 17.9 Å². The first-order valence-corrected chi connectivity index (χ1v) is 7.88. The topological polar surface area (TPSA) is 58.6 Å². The molecule has 1 unspecified atom stereocenters. The van der Waals surface area contributed by atoms with E-state index in [9.17, 15) is 9.59 Å². The summed E-state index contributed by atoms with van der Waals surface area (Å²) >= 11 is 0. The van der Waals surface area contributed by atoms with Gasteiger partial charge in [0.15, 0.2) is 0 Å². The Morgan fingerprint density at radius 1 is 1.36 bits per heavy atom. The molecule has 2 aliphatic rings. The number of carbonyl (C=O) groups excluding carboxylic acids is 2. The molecule has 5 nitrogen and oxygen atoms in total. The fourth-order valence-electron chi connectivity index (χ4n) is 3.02. The molecule has 0 radical (unpaired) electrons. The quantitative estimate of drug-likeness (QED) is 0.866. The number of ether oxygens (including phenoxy) is 1. The predicted octanol–water partition coefficient (Wildman–Crippen LogP) is 1.51. The van der Waals surface area contributed by atoms with Crippen molar-refractivity contribution in [2.75, 3.05) is 13.7 Å². The van der Waals surface area contributed by atoms with Gasteiger partial charge in [0.1, 0.15) is 5.75 Å². The number of benzene rings is 1. The molecule has 1 heterocycles. The Labute approximate surface area is 130 Å². The van der Waals surface area contributed by atoms with Crippen LogP contribution in [0.5, 0.6) is 5.75 Å². The molecule has 22 heavy (non-hydrogen) atoms. The molecule has 1 aliphatic carbocycles. The van der Waals surface area contributed by atoms with E-state index in [0.29, 0.717) is 31.8 Å². The van der Waals surface area contributed by atoms with Crippen LogP contribution >= 0.6 is 0 Å². The summed E-state index contributed by atoms with van der Waals surface area (Å²) in [7, 11) is 1.63. The third-order valence-corrected chi connectivity index (χ3v) is 4.33. The molecule has 1 atom stereocenters. The molecule has 5 heteroatoms. The van der Waals surface area contributed by atoms with E-state index in [2.05, 4.69) is 5.32 Å². The molecule has 2 fully saturated rings. The molecule has 1 saturated carbocycles. The highest BCUT2D eigenvalue weighted by molar-refractivity contribution is 5.82. The van der Waals surface area contributed by atoms with E-state index in [4.69, 9.17) is 4.74 Å². The first-order valence-electron chi connectivity index (χ1n) is 7.88. The Hall–Kier alpha value is -2.04. The van der Waals surface area contributed by atoms with Crippen molar-refractivity contribution in [3.63, 3.8) is 0 Å². The fraction of sp³-hybridized carbons (Fsp3) is 0.529. The molecule has 0 spiro atoms. The standard InChI is InChI=1S/C17H22N2O3/c1-22-15-5-3-2-4-12(15)6-9-16(20)18-13-10-17(21)19(11-13)14-7-8-14/h2-5,13-14H,6-11H2,1H3,(H,18,20). The van der Waals surface area contributed by atoms with Crippen molar-refractivity contribution in [2.45, 2.75) is 44.2 Å². The molecule has 1 N–H and O–H groups in total. The number of para-hydroxylation sites is 1. The van der Waals surface area contributed by atoms with Crippen LogP contribution in [0.15, 0.2) is 24.3 Å².